The second-order valence-corrected chi connectivity index (χ2v) is 5.11. The van der Waals surface area contributed by atoms with Crippen LogP contribution in [0.1, 0.15) is 11.1 Å². The van der Waals surface area contributed by atoms with E-state index < -0.39 is 0 Å². The Morgan fingerprint density at radius 1 is 1.20 bits per heavy atom. The van der Waals surface area contributed by atoms with Crippen molar-refractivity contribution < 1.29 is 9.47 Å². The van der Waals surface area contributed by atoms with Crippen molar-refractivity contribution in [3.63, 3.8) is 0 Å². The zero-order chi connectivity index (χ0) is 14.5. The Balaban J connectivity index is 2.18. The van der Waals surface area contributed by atoms with Gasteiger partial charge in [0.15, 0.2) is 0 Å². The number of benzene rings is 2. The molecule has 0 aliphatic rings. The van der Waals surface area contributed by atoms with Crippen molar-refractivity contribution in [2.24, 2.45) is 5.73 Å². The lowest BCUT2D eigenvalue weighted by molar-refractivity contribution is 0.303. The van der Waals surface area contributed by atoms with E-state index in [0.29, 0.717) is 23.7 Å². The highest BCUT2D eigenvalue weighted by Crippen LogP contribution is 2.25. The van der Waals surface area contributed by atoms with Crippen molar-refractivity contribution in [3.05, 3.63) is 58.1 Å². The quantitative estimate of drug-likeness (QED) is 0.651. The van der Waals surface area contributed by atoms with Crippen molar-refractivity contribution in [2.75, 3.05) is 7.11 Å². The molecule has 0 amide bonds. The minimum absolute atomic E-state index is 0.0292. The van der Waals surface area contributed by atoms with Crippen LogP contribution < -0.4 is 15.2 Å². The van der Waals surface area contributed by atoms with Crippen molar-refractivity contribution in [1.82, 2.24) is 0 Å². The average molecular weight is 335 g/mol. The second-order valence-electron chi connectivity index (χ2n) is 4.19. The summed E-state index contributed by atoms with van der Waals surface area (Å²) in [7, 11) is 1.58. The largest absolute Gasteiger partial charge is 0.497 e. The van der Waals surface area contributed by atoms with Gasteiger partial charge in [-0.1, -0.05) is 28.1 Å². The number of hydrogen-bond acceptors (Lipinski definition) is 3. The summed E-state index contributed by atoms with van der Waals surface area (Å²) < 4.78 is 11.9. The van der Waals surface area contributed by atoms with E-state index in [1.54, 1.807) is 25.3 Å². The molecule has 0 saturated heterocycles. The molecule has 0 bridgehead atoms. The van der Waals surface area contributed by atoms with Gasteiger partial charge in [-0.2, -0.15) is 0 Å². The predicted octanol–water partition coefficient (Wildman–Crippen LogP) is 3.32. The van der Waals surface area contributed by atoms with Gasteiger partial charge in [0.2, 0.25) is 0 Å². The molecule has 104 valence electrons. The van der Waals surface area contributed by atoms with Gasteiger partial charge in [-0.05, 0) is 29.8 Å². The molecule has 2 aromatic carbocycles. The molecule has 2 rings (SSSR count). The summed E-state index contributed by atoms with van der Waals surface area (Å²) in [4.78, 5) is 0. The van der Waals surface area contributed by atoms with E-state index in [9.17, 15) is 0 Å². The van der Waals surface area contributed by atoms with Gasteiger partial charge in [-0.15, -0.1) is 0 Å². The monoisotopic (exact) mass is 334 g/mol. The molecule has 0 fully saturated rings. The maximum Gasteiger partial charge on any atom is 0.134 e. The Kier molecular flexibility index (Phi) is 4.63. The molecule has 0 unspecified atom stereocenters. The smallest absolute Gasteiger partial charge is 0.134 e. The molecule has 0 spiro atoms. The first-order chi connectivity index (χ1) is 9.60. The molecule has 0 aliphatic heterocycles. The summed E-state index contributed by atoms with van der Waals surface area (Å²) >= 11 is 3.39. The van der Waals surface area contributed by atoms with Gasteiger partial charge in [0.25, 0.3) is 0 Å². The van der Waals surface area contributed by atoms with Crippen LogP contribution in [0.2, 0.25) is 0 Å². The summed E-state index contributed by atoms with van der Waals surface area (Å²) in [5.74, 6) is 1.18. The first-order valence-corrected chi connectivity index (χ1v) is 6.79. The van der Waals surface area contributed by atoms with Gasteiger partial charge < -0.3 is 15.2 Å². The highest BCUT2D eigenvalue weighted by Gasteiger charge is 2.08. The highest BCUT2D eigenvalue weighted by molar-refractivity contribution is 9.10. The summed E-state index contributed by atoms with van der Waals surface area (Å²) in [6.07, 6.45) is 0. The van der Waals surface area contributed by atoms with Crippen LogP contribution in [0.25, 0.3) is 0 Å². The first-order valence-electron chi connectivity index (χ1n) is 6.00. The molecule has 20 heavy (non-hydrogen) atoms. The van der Waals surface area contributed by atoms with Crippen LogP contribution in [0.3, 0.4) is 0 Å². The number of nitrogens with one attached hydrogen (secondary N) is 1. The summed E-state index contributed by atoms with van der Waals surface area (Å²) in [6.45, 7) is 0.403. The third kappa shape index (κ3) is 3.51. The summed E-state index contributed by atoms with van der Waals surface area (Å²) in [6, 6.07) is 13.1. The van der Waals surface area contributed by atoms with Crippen molar-refractivity contribution >= 4 is 21.8 Å². The number of nitrogens with two attached hydrogens (primary N) is 1. The van der Waals surface area contributed by atoms with Gasteiger partial charge >= 0.3 is 0 Å². The van der Waals surface area contributed by atoms with Crippen molar-refractivity contribution in [2.45, 2.75) is 6.61 Å². The van der Waals surface area contributed by atoms with Crippen LogP contribution in [-0.2, 0) is 6.61 Å². The Morgan fingerprint density at radius 2 is 1.90 bits per heavy atom. The zero-order valence-corrected chi connectivity index (χ0v) is 12.6. The SMILES string of the molecule is COc1ccc(C(=N)N)c(OCc2ccc(Br)cc2)c1. The van der Waals surface area contributed by atoms with E-state index in [1.165, 1.54) is 0 Å². The van der Waals surface area contributed by atoms with Gasteiger partial charge in [0.1, 0.15) is 23.9 Å². The topological polar surface area (TPSA) is 68.3 Å². The van der Waals surface area contributed by atoms with Gasteiger partial charge in [-0.25, -0.2) is 0 Å². The van der Waals surface area contributed by atoms with Crippen molar-refractivity contribution in [3.8, 4) is 11.5 Å². The molecule has 4 nitrogen and oxygen atoms in total. The molecule has 3 N–H and O–H groups in total. The van der Waals surface area contributed by atoms with E-state index in [0.717, 1.165) is 10.0 Å². The lowest BCUT2D eigenvalue weighted by atomic mass is 10.1. The fourth-order valence-electron chi connectivity index (χ4n) is 1.71. The lowest BCUT2D eigenvalue weighted by Crippen LogP contribution is -2.13. The molecule has 0 aromatic heterocycles. The van der Waals surface area contributed by atoms with E-state index in [2.05, 4.69) is 15.9 Å². The van der Waals surface area contributed by atoms with E-state index >= 15 is 0 Å². The number of rotatable bonds is 5. The van der Waals surface area contributed by atoms with Gasteiger partial charge in [0, 0.05) is 10.5 Å². The number of ether oxygens (including phenoxy) is 2. The van der Waals surface area contributed by atoms with Crippen LogP contribution in [0, 0.1) is 5.41 Å². The zero-order valence-electron chi connectivity index (χ0n) is 11.0. The maximum atomic E-state index is 7.57. The number of amidine groups is 1. The third-order valence-electron chi connectivity index (χ3n) is 2.79. The van der Waals surface area contributed by atoms with Crippen LogP contribution in [-0.4, -0.2) is 12.9 Å². The number of nitrogen functional groups attached to an aromatic ring is 1. The normalized spacial score (nSPS) is 10.1. The molecule has 5 heteroatoms. The minimum Gasteiger partial charge on any atom is -0.497 e. The molecular weight excluding hydrogens is 320 g/mol. The first kappa shape index (κ1) is 14.4. The van der Waals surface area contributed by atoms with Gasteiger partial charge in [0.05, 0.1) is 12.7 Å². The van der Waals surface area contributed by atoms with Crippen LogP contribution in [0.15, 0.2) is 46.9 Å². The fraction of sp³-hybridized carbons (Fsp3) is 0.133. The summed E-state index contributed by atoms with van der Waals surface area (Å²) in [5, 5.41) is 7.57. The van der Waals surface area contributed by atoms with E-state index in [1.807, 2.05) is 24.3 Å². The van der Waals surface area contributed by atoms with Crippen LogP contribution in [0.5, 0.6) is 11.5 Å². The maximum absolute atomic E-state index is 7.57. The predicted molar refractivity (Wildman–Crippen MR) is 82.5 cm³/mol. The standard InChI is InChI=1S/C15H15BrN2O2/c1-19-12-6-7-13(15(17)18)14(8-12)20-9-10-2-4-11(16)5-3-10/h2-8H,9H2,1H3,(H3,17,18). The molecule has 0 atom stereocenters. The lowest BCUT2D eigenvalue weighted by Gasteiger charge is -2.12. The van der Waals surface area contributed by atoms with Crippen molar-refractivity contribution in [1.29, 1.82) is 5.41 Å². The molecule has 0 saturated carbocycles. The minimum atomic E-state index is -0.0292. The van der Waals surface area contributed by atoms with E-state index in [4.69, 9.17) is 20.6 Å². The number of methoxy groups -OCH3 is 1. The molecular formula is C15H15BrN2O2. The Morgan fingerprint density at radius 3 is 2.50 bits per heavy atom. The molecule has 0 heterocycles. The number of halogens is 1. The van der Waals surface area contributed by atoms with Gasteiger partial charge in [-0.3, -0.25) is 5.41 Å². The highest BCUT2D eigenvalue weighted by atomic mass is 79.9. The Bertz CT molecular complexity index is 612. The fourth-order valence-corrected chi connectivity index (χ4v) is 1.98. The average Bonchev–Trinajstić information content (AvgIpc) is 2.46. The number of hydrogen-bond donors (Lipinski definition) is 2. The third-order valence-corrected chi connectivity index (χ3v) is 3.32. The second kappa shape index (κ2) is 6.43. The van der Waals surface area contributed by atoms with E-state index in [-0.39, 0.29) is 5.84 Å². The summed E-state index contributed by atoms with van der Waals surface area (Å²) in [5.41, 5.74) is 7.14. The Hall–Kier alpha value is -2.01. The van der Waals surface area contributed by atoms with Crippen LogP contribution >= 0.6 is 15.9 Å². The molecule has 0 radical (unpaired) electrons. The van der Waals surface area contributed by atoms with Crippen LogP contribution in [0.4, 0.5) is 0 Å². The molecule has 0 aliphatic carbocycles. The Labute approximate surface area is 126 Å². The molecule has 2 aromatic rings.